The van der Waals surface area contributed by atoms with Crippen molar-refractivity contribution >= 4 is 17.5 Å². The Hall–Kier alpha value is -2.40. The predicted molar refractivity (Wildman–Crippen MR) is 106 cm³/mol. The zero-order chi connectivity index (χ0) is 18.5. The van der Waals surface area contributed by atoms with Crippen molar-refractivity contribution in [2.75, 3.05) is 5.75 Å². The second kappa shape index (κ2) is 8.32. The molecule has 2 aromatic carbocycles. The molecule has 1 atom stereocenters. The van der Waals surface area contributed by atoms with Gasteiger partial charge in [0.15, 0.2) is 10.9 Å². The first-order valence-electron chi connectivity index (χ1n) is 8.82. The van der Waals surface area contributed by atoms with E-state index in [0.717, 1.165) is 28.4 Å². The van der Waals surface area contributed by atoms with Crippen LogP contribution >= 0.6 is 11.8 Å². The van der Waals surface area contributed by atoms with Crippen LogP contribution in [-0.4, -0.2) is 26.3 Å². The van der Waals surface area contributed by atoms with E-state index in [2.05, 4.69) is 36.2 Å². The van der Waals surface area contributed by atoms with E-state index in [9.17, 15) is 4.79 Å². The molecular formula is C21H23N3OS. The fourth-order valence-electron chi connectivity index (χ4n) is 2.77. The maximum absolute atomic E-state index is 12.5. The zero-order valence-corrected chi connectivity index (χ0v) is 16.2. The standard InChI is InChI=1S/C21H23N3OS/c1-4-15(2)17-9-11-18(12-10-17)20(25)13-26-21-23-22-14-24(21)19-8-6-5-7-16(19)3/h5-12,14-15H,4,13H2,1-3H3/t15-/m1/s1. The number of Topliss-reactive ketones (excluding diaryl/α,β-unsaturated/α-hetero) is 1. The average molecular weight is 366 g/mol. The lowest BCUT2D eigenvalue weighted by molar-refractivity contribution is 0.102. The minimum Gasteiger partial charge on any atom is -0.293 e. The molecular weight excluding hydrogens is 342 g/mol. The van der Waals surface area contributed by atoms with E-state index in [1.54, 1.807) is 6.33 Å². The van der Waals surface area contributed by atoms with Crippen LogP contribution in [0, 0.1) is 6.92 Å². The van der Waals surface area contributed by atoms with Crippen LogP contribution in [0.4, 0.5) is 0 Å². The number of rotatable bonds is 7. The van der Waals surface area contributed by atoms with Gasteiger partial charge in [0.2, 0.25) is 0 Å². The van der Waals surface area contributed by atoms with Gasteiger partial charge >= 0.3 is 0 Å². The minimum absolute atomic E-state index is 0.102. The van der Waals surface area contributed by atoms with Gasteiger partial charge in [0.25, 0.3) is 0 Å². The Kier molecular flexibility index (Phi) is 5.89. The summed E-state index contributed by atoms with van der Waals surface area (Å²) in [5, 5.41) is 8.91. The number of thioether (sulfide) groups is 1. The number of hydrogen-bond acceptors (Lipinski definition) is 4. The summed E-state index contributed by atoms with van der Waals surface area (Å²) >= 11 is 1.42. The van der Waals surface area contributed by atoms with Crippen LogP contribution in [0.5, 0.6) is 0 Å². The van der Waals surface area contributed by atoms with Crippen LogP contribution < -0.4 is 0 Å². The van der Waals surface area contributed by atoms with Crippen molar-refractivity contribution < 1.29 is 4.79 Å². The van der Waals surface area contributed by atoms with E-state index >= 15 is 0 Å². The highest BCUT2D eigenvalue weighted by Gasteiger charge is 2.13. The van der Waals surface area contributed by atoms with Crippen molar-refractivity contribution in [3.05, 3.63) is 71.5 Å². The van der Waals surface area contributed by atoms with Crippen molar-refractivity contribution in [3.63, 3.8) is 0 Å². The Morgan fingerprint density at radius 2 is 1.88 bits per heavy atom. The summed E-state index contributed by atoms with van der Waals surface area (Å²) < 4.78 is 1.93. The molecule has 0 saturated carbocycles. The Balaban J connectivity index is 1.69. The summed E-state index contributed by atoms with van der Waals surface area (Å²) in [4.78, 5) is 12.5. The molecule has 0 bridgehead atoms. The molecule has 0 amide bonds. The maximum atomic E-state index is 12.5. The van der Waals surface area contributed by atoms with Gasteiger partial charge in [0.05, 0.1) is 11.4 Å². The first-order chi connectivity index (χ1) is 12.6. The van der Waals surface area contributed by atoms with Crippen molar-refractivity contribution in [2.45, 2.75) is 38.3 Å². The van der Waals surface area contributed by atoms with Gasteiger partial charge < -0.3 is 0 Å². The van der Waals surface area contributed by atoms with Gasteiger partial charge in [-0.15, -0.1) is 10.2 Å². The third-order valence-electron chi connectivity index (χ3n) is 4.64. The Morgan fingerprint density at radius 1 is 1.15 bits per heavy atom. The first kappa shape index (κ1) is 18.4. The predicted octanol–water partition coefficient (Wildman–Crippen LogP) is 5.06. The quantitative estimate of drug-likeness (QED) is 0.433. The van der Waals surface area contributed by atoms with Gasteiger partial charge in [0.1, 0.15) is 6.33 Å². The first-order valence-corrected chi connectivity index (χ1v) is 9.80. The lowest BCUT2D eigenvalue weighted by Gasteiger charge is -2.10. The normalized spacial score (nSPS) is 12.1. The van der Waals surface area contributed by atoms with Crippen molar-refractivity contribution in [3.8, 4) is 5.69 Å². The van der Waals surface area contributed by atoms with Gasteiger partial charge in [-0.2, -0.15) is 0 Å². The minimum atomic E-state index is 0.102. The van der Waals surface area contributed by atoms with Crippen LogP contribution in [-0.2, 0) is 0 Å². The van der Waals surface area contributed by atoms with E-state index in [1.165, 1.54) is 17.3 Å². The van der Waals surface area contributed by atoms with Crippen molar-refractivity contribution in [1.82, 2.24) is 14.8 Å². The molecule has 0 aliphatic rings. The third kappa shape index (κ3) is 4.05. The number of para-hydroxylation sites is 1. The molecule has 0 unspecified atom stereocenters. The van der Waals surface area contributed by atoms with E-state index < -0.39 is 0 Å². The molecule has 26 heavy (non-hydrogen) atoms. The molecule has 0 radical (unpaired) electrons. The largest absolute Gasteiger partial charge is 0.293 e. The lowest BCUT2D eigenvalue weighted by Crippen LogP contribution is -2.05. The molecule has 3 aromatic rings. The number of carbonyl (C=O) groups excluding carboxylic acids is 1. The van der Waals surface area contributed by atoms with Gasteiger partial charge in [-0.25, -0.2) is 0 Å². The van der Waals surface area contributed by atoms with Gasteiger partial charge in [-0.3, -0.25) is 9.36 Å². The Morgan fingerprint density at radius 3 is 2.58 bits per heavy atom. The highest BCUT2D eigenvalue weighted by Crippen LogP contribution is 2.23. The van der Waals surface area contributed by atoms with Crippen molar-refractivity contribution in [1.29, 1.82) is 0 Å². The summed E-state index contributed by atoms with van der Waals surface area (Å²) in [6.45, 7) is 6.42. The SMILES string of the molecule is CC[C@@H](C)c1ccc(C(=O)CSc2nncn2-c2ccccc2C)cc1. The molecule has 0 fully saturated rings. The lowest BCUT2D eigenvalue weighted by atomic mass is 9.97. The van der Waals surface area contributed by atoms with Crippen molar-refractivity contribution in [2.24, 2.45) is 0 Å². The van der Waals surface area contributed by atoms with E-state index in [0.29, 0.717) is 11.7 Å². The van der Waals surface area contributed by atoms with Crippen LogP contribution in [0.2, 0.25) is 0 Å². The van der Waals surface area contributed by atoms with Crippen LogP contribution in [0.15, 0.2) is 60.0 Å². The molecule has 134 valence electrons. The summed E-state index contributed by atoms with van der Waals surface area (Å²) in [6.07, 6.45) is 2.79. The van der Waals surface area contributed by atoms with E-state index in [4.69, 9.17) is 0 Å². The summed E-state index contributed by atoms with van der Waals surface area (Å²) in [5.74, 6) is 0.957. The molecule has 0 aliphatic carbocycles. The molecule has 0 aliphatic heterocycles. The molecule has 4 nitrogen and oxygen atoms in total. The fraction of sp³-hybridized carbons (Fsp3) is 0.286. The molecule has 1 aromatic heterocycles. The molecule has 0 spiro atoms. The monoisotopic (exact) mass is 365 g/mol. The summed E-state index contributed by atoms with van der Waals surface area (Å²) in [6, 6.07) is 16.0. The molecule has 5 heteroatoms. The number of aryl methyl sites for hydroxylation is 1. The average Bonchev–Trinajstić information content (AvgIpc) is 3.14. The summed E-state index contributed by atoms with van der Waals surface area (Å²) in [7, 11) is 0. The third-order valence-corrected chi connectivity index (χ3v) is 5.58. The molecule has 3 rings (SSSR count). The maximum Gasteiger partial charge on any atom is 0.196 e. The van der Waals surface area contributed by atoms with Crippen LogP contribution in [0.1, 0.15) is 47.7 Å². The number of nitrogens with zero attached hydrogens (tertiary/aromatic N) is 3. The fourth-order valence-corrected chi connectivity index (χ4v) is 3.58. The number of aromatic nitrogens is 3. The second-order valence-electron chi connectivity index (χ2n) is 6.41. The van der Waals surface area contributed by atoms with Crippen LogP contribution in [0.3, 0.4) is 0 Å². The smallest absolute Gasteiger partial charge is 0.196 e. The summed E-state index contributed by atoms with van der Waals surface area (Å²) in [5.41, 5.74) is 4.19. The molecule has 1 heterocycles. The topological polar surface area (TPSA) is 47.8 Å². The number of hydrogen-bond donors (Lipinski definition) is 0. The molecule has 0 saturated heterocycles. The Labute approximate surface area is 158 Å². The highest BCUT2D eigenvalue weighted by atomic mass is 32.2. The number of carbonyl (C=O) groups is 1. The van der Waals surface area contributed by atoms with E-state index in [1.807, 2.05) is 47.9 Å². The van der Waals surface area contributed by atoms with Gasteiger partial charge in [-0.05, 0) is 36.5 Å². The van der Waals surface area contributed by atoms with Gasteiger partial charge in [0, 0.05) is 5.56 Å². The number of ketones is 1. The van der Waals surface area contributed by atoms with E-state index in [-0.39, 0.29) is 5.78 Å². The zero-order valence-electron chi connectivity index (χ0n) is 15.3. The second-order valence-corrected chi connectivity index (χ2v) is 7.36. The number of benzene rings is 2. The van der Waals surface area contributed by atoms with Crippen LogP contribution in [0.25, 0.3) is 5.69 Å². The van der Waals surface area contributed by atoms with Gasteiger partial charge in [-0.1, -0.05) is 68.1 Å². The Bertz CT molecular complexity index is 886. The highest BCUT2D eigenvalue weighted by molar-refractivity contribution is 7.99. The molecule has 0 N–H and O–H groups in total.